The van der Waals surface area contributed by atoms with E-state index in [2.05, 4.69) is 13.8 Å². The van der Waals surface area contributed by atoms with Gasteiger partial charge in [-0.05, 0) is 24.3 Å². The highest BCUT2D eigenvalue weighted by molar-refractivity contribution is 5.84. The molecule has 2 amide bonds. The van der Waals surface area contributed by atoms with E-state index < -0.39 is 0 Å². The van der Waals surface area contributed by atoms with Crippen LogP contribution in [-0.4, -0.2) is 47.8 Å². The van der Waals surface area contributed by atoms with Gasteiger partial charge in [0, 0.05) is 32.1 Å². The van der Waals surface area contributed by atoms with E-state index in [4.69, 9.17) is 0 Å². The Bertz CT molecular complexity index is 600. The van der Waals surface area contributed by atoms with E-state index in [1.54, 1.807) is 0 Å². The Hall–Kier alpha value is -1.84. The van der Waals surface area contributed by atoms with Crippen molar-refractivity contribution < 1.29 is 9.59 Å². The summed E-state index contributed by atoms with van der Waals surface area (Å²) in [6, 6.07) is 10.1. The zero-order chi connectivity index (χ0) is 18.5. The van der Waals surface area contributed by atoms with Crippen LogP contribution in [0, 0.1) is 11.8 Å². The maximum Gasteiger partial charge on any atom is 0.230 e. The van der Waals surface area contributed by atoms with E-state index in [1.807, 2.05) is 40.1 Å². The SMILES string of the molecule is CC(C)C(C(=O)N1CCN(C(=O)C2CCCCC2)CC1)c1ccccc1. The highest BCUT2D eigenvalue weighted by Gasteiger charge is 2.33. The molecular formula is C22H32N2O2. The molecule has 1 saturated carbocycles. The Labute approximate surface area is 157 Å². The number of piperazine rings is 1. The topological polar surface area (TPSA) is 40.6 Å². The number of hydrogen-bond acceptors (Lipinski definition) is 2. The van der Waals surface area contributed by atoms with Gasteiger partial charge in [-0.3, -0.25) is 9.59 Å². The molecule has 0 spiro atoms. The lowest BCUT2D eigenvalue weighted by atomic mass is 9.87. The van der Waals surface area contributed by atoms with E-state index in [9.17, 15) is 9.59 Å². The standard InChI is InChI=1S/C22H32N2O2/c1-17(2)20(18-9-5-3-6-10-18)22(26)24-15-13-23(14-16-24)21(25)19-11-7-4-8-12-19/h3,5-6,9-10,17,19-20H,4,7-8,11-16H2,1-2H3. The van der Waals surface area contributed by atoms with Crippen LogP contribution >= 0.6 is 0 Å². The van der Waals surface area contributed by atoms with Crippen LogP contribution in [0.5, 0.6) is 0 Å². The Morgan fingerprint density at radius 3 is 2.04 bits per heavy atom. The zero-order valence-corrected chi connectivity index (χ0v) is 16.2. The quantitative estimate of drug-likeness (QED) is 0.826. The fraction of sp³-hybridized carbons (Fsp3) is 0.636. The molecule has 1 aliphatic heterocycles. The average Bonchev–Trinajstić information content (AvgIpc) is 2.69. The number of hydrogen-bond donors (Lipinski definition) is 0. The smallest absolute Gasteiger partial charge is 0.230 e. The number of amides is 2. The molecule has 0 aromatic heterocycles. The maximum atomic E-state index is 13.1. The summed E-state index contributed by atoms with van der Waals surface area (Å²) in [4.78, 5) is 29.8. The number of rotatable bonds is 4. The highest BCUT2D eigenvalue weighted by Crippen LogP contribution is 2.28. The van der Waals surface area contributed by atoms with Crippen molar-refractivity contribution in [1.29, 1.82) is 0 Å². The van der Waals surface area contributed by atoms with Crippen LogP contribution in [0.4, 0.5) is 0 Å². The van der Waals surface area contributed by atoms with Crippen molar-refractivity contribution in [3.8, 4) is 0 Å². The third kappa shape index (κ3) is 4.28. The molecule has 142 valence electrons. The lowest BCUT2D eigenvalue weighted by molar-refractivity contribution is -0.143. The molecule has 1 aliphatic carbocycles. The molecule has 1 aromatic rings. The molecule has 0 N–H and O–H groups in total. The van der Waals surface area contributed by atoms with Gasteiger partial charge in [-0.25, -0.2) is 0 Å². The Morgan fingerprint density at radius 2 is 1.46 bits per heavy atom. The average molecular weight is 357 g/mol. The summed E-state index contributed by atoms with van der Waals surface area (Å²) in [5.41, 5.74) is 1.09. The Kier molecular flexibility index (Phi) is 6.33. The fourth-order valence-corrected chi connectivity index (χ4v) is 4.42. The third-order valence-corrected chi connectivity index (χ3v) is 5.95. The first-order valence-corrected chi connectivity index (χ1v) is 10.2. The minimum absolute atomic E-state index is 0.100. The second-order valence-corrected chi connectivity index (χ2v) is 8.12. The van der Waals surface area contributed by atoms with Crippen LogP contribution in [0.3, 0.4) is 0 Å². The van der Waals surface area contributed by atoms with Crippen LogP contribution in [0.2, 0.25) is 0 Å². The van der Waals surface area contributed by atoms with E-state index in [1.165, 1.54) is 19.3 Å². The summed E-state index contributed by atoms with van der Waals surface area (Å²) < 4.78 is 0. The first kappa shape index (κ1) is 18.9. The van der Waals surface area contributed by atoms with Gasteiger partial charge in [0.2, 0.25) is 11.8 Å². The van der Waals surface area contributed by atoms with Gasteiger partial charge in [-0.1, -0.05) is 63.4 Å². The van der Waals surface area contributed by atoms with Crippen molar-refractivity contribution in [3.63, 3.8) is 0 Å². The second kappa shape index (κ2) is 8.70. The molecule has 0 radical (unpaired) electrons. The van der Waals surface area contributed by atoms with E-state index in [0.29, 0.717) is 32.1 Å². The third-order valence-electron chi connectivity index (χ3n) is 5.95. The molecule has 4 nitrogen and oxygen atoms in total. The highest BCUT2D eigenvalue weighted by atomic mass is 16.2. The lowest BCUT2D eigenvalue weighted by Crippen LogP contribution is -2.53. The molecule has 0 bridgehead atoms. The van der Waals surface area contributed by atoms with Gasteiger partial charge >= 0.3 is 0 Å². The molecular weight excluding hydrogens is 324 g/mol. The molecule has 1 saturated heterocycles. The predicted molar refractivity (Wildman–Crippen MR) is 104 cm³/mol. The Balaban J connectivity index is 1.59. The summed E-state index contributed by atoms with van der Waals surface area (Å²) >= 11 is 0. The van der Waals surface area contributed by atoms with Crippen LogP contribution in [-0.2, 0) is 9.59 Å². The second-order valence-electron chi connectivity index (χ2n) is 8.12. The predicted octanol–water partition coefficient (Wildman–Crippen LogP) is 3.68. The Morgan fingerprint density at radius 1 is 0.885 bits per heavy atom. The van der Waals surface area contributed by atoms with E-state index in [0.717, 1.165) is 18.4 Å². The molecule has 26 heavy (non-hydrogen) atoms. The summed E-state index contributed by atoms with van der Waals surface area (Å²) in [7, 11) is 0. The van der Waals surface area contributed by atoms with Gasteiger partial charge in [-0.2, -0.15) is 0 Å². The van der Waals surface area contributed by atoms with Crippen molar-refractivity contribution in [2.75, 3.05) is 26.2 Å². The van der Waals surface area contributed by atoms with Crippen molar-refractivity contribution in [2.24, 2.45) is 11.8 Å². The normalized spacial score (nSPS) is 20.3. The number of nitrogens with zero attached hydrogens (tertiary/aromatic N) is 2. The molecule has 2 aliphatic rings. The van der Waals surface area contributed by atoms with Crippen LogP contribution in [0.15, 0.2) is 30.3 Å². The monoisotopic (exact) mass is 356 g/mol. The van der Waals surface area contributed by atoms with Crippen molar-refractivity contribution in [1.82, 2.24) is 9.80 Å². The number of carbonyl (C=O) groups is 2. The van der Waals surface area contributed by atoms with Crippen molar-refractivity contribution >= 4 is 11.8 Å². The molecule has 1 unspecified atom stereocenters. The summed E-state index contributed by atoms with van der Waals surface area (Å²) in [5, 5.41) is 0. The largest absolute Gasteiger partial charge is 0.339 e. The minimum atomic E-state index is -0.100. The van der Waals surface area contributed by atoms with Gasteiger partial charge < -0.3 is 9.80 Å². The number of benzene rings is 1. The van der Waals surface area contributed by atoms with Crippen molar-refractivity contribution in [3.05, 3.63) is 35.9 Å². The molecule has 4 heteroatoms. The first-order chi connectivity index (χ1) is 12.6. The van der Waals surface area contributed by atoms with E-state index >= 15 is 0 Å². The molecule has 3 rings (SSSR count). The zero-order valence-electron chi connectivity index (χ0n) is 16.2. The van der Waals surface area contributed by atoms with Crippen LogP contribution in [0.25, 0.3) is 0 Å². The van der Waals surface area contributed by atoms with E-state index in [-0.39, 0.29) is 23.7 Å². The first-order valence-electron chi connectivity index (χ1n) is 10.2. The van der Waals surface area contributed by atoms with Crippen LogP contribution < -0.4 is 0 Å². The molecule has 2 fully saturated rings. The van der Waals surface area contributed by atoms with Gasteiger partial charge in [0.1, 0.15) is 0 Å². The minimum Gasteiger partial charge on any atom is -0.339 e. The maximum absolute atomic E-state index is 13.1. The number of carbonyl (C=O) groups excluding carboxylic acids is 2. The fourth-order valence-electron chi connectivity index (χ4n) is 4.42. The molecule has 1 aromatic carbocycles. The van der Waals surface area contributed by atoms with Gasteiger partial charge in [-0.15, -0.1) is 0 Å². The van der Waals surface area contributed by atoms with Crippen molar-refractivity contribution in [2.45, 2.75) is 51.9 Å². The summed E-state index contributed by atoms with van der Waals surface area (Å²) in [5.74, 6) is 0.901. The van der Waals surface area contributed by atoms with Gasteiger partial charge in [0.25, 0.3) is 0 Å². The summed E-state index contributed by atoms with van der Waals surface area (Å²) in [6.45, 7) is 6.90. The van der Waals surface area contributed by atoms with Crippen LogP contribution in [0.1, 0.15) is 57.4 Å². The van der Waals surface area contributed by atoms with Gasteiger partial charge in [0.15, 0.2) is 0 Å². The van der Waals surface area contributed by atoms with Gasteiger partial charge in [0.05, 0.1) is 5.92 Å². The molecule has 1 heterocycles. The lowest BCUT2D eigenvalue weighted by Gasteiger charge is -2.39. The molecule has 1 atom stereocenters. The summed E-state index contributed by atoms with van der Waals surface area (Å²) in [6.07, 6.45) is 5.72.